The summed E-state index contributed by atoms with van der Waals surface area (Å²) < 4.78 is 5.70. The molecule has 3 amide bonds. The molecule has 2 saturated heterocycles. The molecule has 0 saturated carbocycles. The van der Waals surface area contributed by atoms with Crippen molar-refractivity contribution in [3.8, 4) is 5.75 Å². The molecule has 7 nitrogen and oxygen atoms in total. The predicted octanol–water partition coefficient (Wildman–Crippen LogP) is 6.66. The molecule has 45 heavy (non-hydrogen) atoms. The SMILES string of the molecule is Cc1cc(OC(=O)[C@H]2CC(=O)N(c3cccc(Cl)c3Cl)C2)ccc1N1C(=O)[C@@H]2C3c4ccccc4C(c4ccccc43)[C@@H]2C1=O. The van der Waals surface area contributed by atoms with Gasteiger partial charge in [0.1, 0.15) is 5.75 Å². The van der Waals surface area contributed by atoms with Crippen molar-refractivity contribution < 1.29 is 23.9 Å². The molecule has 0 aromatic heterocycles. The second-order valence-corrected chi connectivity index (χ2v) is 12.9. The number of esters is 1. The Morgan fingerprint density at radius 1 is 0.756 bits per heavy atom. The second-order valence-electron chi connectivity index (χ2n) is 12.1. The Balaban J connectivity index is 1.04. The Bertz CT molecular complexity index is 1860. The Morgan fingerprint density at radius 3 is 1.89 bits per heavy atom. The molecule has 0 spiro atoms. The molecule has 3 aliphatic carbocycles. The predicted molar refractivity (Wildman–Crippen MR) is 170 cm³/mol. The van der Waals surface area contributed by atoms with Gasteiger partial charge in [0, 0.05) is 24.8 Å². The molecule has 5 aliphatic rings. The number of carbonyl (C=O) groups excluding carboxylic acids is 4. The molecule has 2 aliphatic heterocycles. The zero-order chi connectivity index (χ0) is 31.1. The number of hydrogen-bond donors (Lipinski definition) is 0. The summed E-state index contributed by atoms with van der Waals surface area (Å²) in [5, 5.41) is 0.568. The van der Waals surface area contributed by atoms with Crippen molar-refractivity contribution in [1.29, 1.82) is 0 Å². The highest BCUT2D eigenvalue weighted by Crippen LogP contribution is 2.61. The van der Waals surface area contributed by atoms with Gasteiger partial charge in [-0.1, -0.05) is 77.8 Å². The first-order valence-electron chi connectivity index (χ1n) is 14.9. The van der Waals surface area contributed by atoms with Gasteiger partial charge in [-0.15, -0.1) is 0 Å². The van der Waals surface area contributed by atoms with Crippen LogP contribution < -0.4 is 14.5 Å². The number of carbonyl (C=O) groups is 4. The molecule has 2 bridgehead atoms. The molecular weight excluding hydrogens is 611 g/mol. The van der Waals surface area contributed by atoms with Crippen molar-refractivity contribution >= 4 is 58.3 Å². The fourth-order valence-corrected chi connectivity index (χ4v) is 8.25. The summed E-state index contributed by atoms with van der Waals surface area (Å²) in [6, 6.07) is 26.2. The topological polar surface area (TPSA) is 84.0 Å². The third kappa shape index (κ3) is 4.10. The van der Waals surface area contributed by atoms with E-state index >= 15 is 0 Å². The monoisotopic (exact) mass is 636 g/mol. The fraction of sp³-hybridized carbons (Fsp3) is 0.222. The fourth-order valence-electron chi connectivity index (χ4n) is 7.86. The minimum atomic E-state index is -0.698. The molecular formula is C36H26Cl2N2O5. The summed E-state index contributed by atoms with van der Waals surface area (Å²) in [6.45, 7) is 1.90. The van der Waals surface area contributed by atoms with Gasteiger partial charge in [0.15, 0.2) is 0 Å². The molecule has 4 aromatic rings. The van der Waals surface area contributed by atoms with Crippen LogP contribution in [0.4, 0.5) is 11.4 Å². The number of anilines is 2. The third-order valence-corrected chi connectivity index (χ3v) is 10.6. The molecule has 0 radical (unpaired) electrons. The number of amides is 3. The van der Waals surface area contributed by atoms with Crippen molar-refractivity contribution in [1.82, 2.24) is 0 Å². The quantitative estimate of drug-likeness (QED) is 0.142. The first kappa shape index (κ1) is 28.0. The Morgan fingerprint density at radius 2 is 1.33 bits per heavy atom. The van der Waals surface area contributed by atoms with E-state index < -0.39 is 23.7 Å². The van der Waals surface area contributed by atoms with Crippen LogP contribution in [0.3, 0.4) is 0 Å². The molecule has 2 fully saturated rings. The summed E-state index contributed by atoms with van der Waals surface area (Å²) >= 11 is 12.4. The maximum absolute atomic E-state index is 14.1. The number of aryl methyl sites for hydroxylation is 1. The van der Waals surface area contributed by atoms with Gasteiger partial charge >= 0.3 is 5.97 Å². The number of ether oxygens (including phenoxy) is 1. The summed E-state index contributed by atoms with van der Waals surface area (Å²) in [7, 11) is 0. The Hall–Kier alpha value is -4.46. The van der Waals surface area contributed by atoms with Crippen LogP contribution in [-0.2, 0) is 19.2 Å². The number of nitrogens with zero attached hydrogens (tertiary/aromatic N) is 2. The Labute approximate surface area is 269 Å². The van der Waals surface area contributed by atoms with Crippen molar-refractivity contribution in [2.75, 3.05) is 16.3 Å². The van der Waals surface area contributed by atoms with Gasteiger partial charge in [-0.05, 0) is 65.1 Å². The third-order valence-electron chi connectivity index (χ3n) is 9.76. The number of imide groups is 1. The average Bonchev–Trinajstić information content (AvgIpc) is 3.55. The number of rotatable bonds is 4. The zero-order valence-corrected chi connectivity index (χ0v) is 25.6. The first-order valence-corrected chi connectivity index (χ1v) is 15.6. The van der Waals surface area contributed by atoms with Crippen molar-refractivity contribution in [2.24, 2.45) is 17.8 Å². The van der Waals surface area contributed by atoms with E-state index in [-0.39, 0.29) is 53.3 Å². The molecule has 2 heterocycles. The van der Waals surface area contributed by atoms with Gasteiger partial charge in [0.05, 0.1) is 39.2 Å². The van der Waals surface area contributed by atoms with Crippen LogP contribution in [0.15, 0.2) is 84.9 Å². The lowest BCUT2D eigenvalue weighted by molar-refractivity contribution is -0.139. The largest absolute Gasteiger partial charge is 0.426 e. The average molecular weight is 638 g/mol. The lowest BCUT2D eigenvalue weighted by Crippen LogP contribution is -2.41. The smallest absolute Gasteiger partial charge is 0.316 e. The van der Waals surface area contributed by atoms with Crippen LogP contribution in [0.5, 0.6) is 5.75 Å². The van der Waals surface area contributed by atoms with Gasteiger partial charge < -0.3 is 9.64 Å². The maximum Gasteiger partial charge on any atom is 0.316 e. The number of hydrogen-bond acceptors (Lipinski definition) is 5. The van der Waals surface area contributed by atoms with Crippen LogP contribution in [-0.4, -0.2) is 30.2 Å². The summed E-state index contributed by atoms with van der Waals surface area (Å²) in [5.41, 5.74) is 6.02. The highest BCUT2D eigenvalue weighted by molar-refractivity contribution is 6.44. The van der Waals surface area contributed by atoms with Crippen LogP contribution in [0, 0.1) is 24.7 Å². The first-order chi connectivity index (χ1) is 21.7. The second kappa shape index (κ2) is 10.3. The van der Waals surface area contributed by atoms with E-state index in [2.05, 4.69) is 24.3 Å². The maximum atomic E-state index is 14.1. The van der Waals surface area contributed by atoms with Crippen molar-refractivity contribution in [3.63, 3.8) is 0 Å². The van der Waals surface area contributed by atoms with E-state index in [4.69, 9.17) is 27.9 Å². The van der Waals surface area contributed by atoms with Crippen LogP contribution in [0.2, 0.25) is 10.0 Å². The van der Waals surface area contributed by atoms with Gasteiger partial charge in [0.2, 0.25) is 17.7 Å². The standard InChI is InChI=1S/C36H26Cl2N2O5/c1-18-15-20(45-36(44)19-16-28(41)39(17-19)27-12-6-11-25(37)33(27)38)13-14-26(18)40-34(42)31-29-21-7-2-3-8-22(21)30(32(31)35(40)43)24-10-5-4-9-23(24)29/h2-15,19,29-32H,16-17H2,1H3/t19-,29?,30?,31-,32+/m0/s1. The molecule has 0 unspecified atom stereocenters. The van der Waals surface area contributed by atoms with E-state index in [0.717, 1.165) is 22.3 Å². The van der Waals surface area contributed by atoms with Crippen molar-refractivity contribution in [2.45, 2.75) is 25.2 Å². The minimum Gasteiger partial charge on any atom is -0.426 e. The zero-order valence-electron chi connectivity index (χ0n) is 24.1. The van der Waals surface area contributed by atoms with Gasteiger partial charge in [-0.25, -0.2) is 4.90 Å². The van der Waals surface area contributed by atoms with Gasteiger partial charge in [0.25, 0.3) is 0 Å². The highest BCUT2D eigenvalue weighted by atomic mass is 35.5. The van der Waals surface area contributed by atoms with E-state index in [0.29, 0.717) is 22.0 Å². The Kier molecular flexibility index (Phi) is 6.41. The van der Waals surface area contributed by atoms with Crippen LogP contribution in [0.1, 0.15) is 46.1 Å². The molecule has 0 N–H and O–H groups in total. The van der Waals surface area contributed by atoms with Gasteiger partial charge in [-0.2, -0.15) is 0 Å². The number of benzene rings is 4. The lowest BCUT2D eigenvalue weighted by atomic mass is 9.55. The molecule has 9 heteroatoms. The molecule has 4 aromatic carbocycles. The summed E-state index contributed by atoms with van der Waals surface area (Å²) in [4.78, 5) is 56.9. The van der Waals surface area contributed by atoms with E-state index in [9.17, 15) is 19.2 Å². The van der Waals surface area contributed by atoms with Crippen molar-refractivity contribution in [3.05, 3.63) is 123 Å². The summed E-state index contributed by atoms with van der Waals surface area (Å²) in [5.74, 6) is -3.00. The minimum absolute atomic E-state index is 0.0224. The van der Waals surface area contributed by atoms with Crippen LogP contribution >= 0.6 is 23.2 Å². The van der Waals surface area contributed by atoms with E-state index in [1.165, 1.54) is 9.80 Å². The van der Waals surface area contributed by atoms with Gasteiger partial charge in [-0.3, -0.25) is 19.2 Å². The lowest BCUT2D eigenvalue weighted by Gasteiger charge is -2.45. The van der Waals surface area contributed by atoms with E-state index in [1.54, 1.807) is 43.3 Å². The molecule has 224 valence electrons. The molecule has 3 atom stereocenters. The van der Waals surface area contributed by atoms with E-state index in [1.807, 2.05) is 24.3 Å². The highest BCUT2D eigenvalue weighted by Gasteiger charge is 2.61. The summed E-state index contributed by atoms with van der Waals surface area (Å²) in [6.07, 6.45) is -0.0224. The molecule has 9 rings (SSSR count). The number of halogens is 2. The van der Waals surface area contributed by atoms with Crippen LogP contribution in [0.25, 0.3) is 0 Å². The normalized spacial score (nSPS) is 24.5.